The highest BCUT2D eigenvalue weighted by atomic mass is 35.5. The molecule has 1 aromatic rings. The summed E-state index contributed by atoms with van der Waals surface area (Å²) in [6.07, 6.45) is 2.17. The number of nitrogens with zero attached hydrogens (tertiary/aromatic N) is 3. The van der Waals surface area contributed by atoms with Gasteiger partial charge in [-0.15, -0.1) is 0 Å². The largest absolute Gasteiger partial charge is 0.495 e. The van der Waals surface area contributed by atoms with Gasteiger partial charge in [0, 0.05) is 56.4 Å². The van der Waals surface area contributed by atoms with Crippen LogP contribution >= 0.6 is 11.6 Å². The third-order valence-corrected chi connectivity index (χ3v) is 6.33. The first-order valence-electron chi connectivity index (χ1n) is 10.4. The van der Waals surface area contributed by atoms with Crippen molar-refractivity contribution in [2.45, 2.75) is 32.4 Å². The predicted octanol–water partition coefficient (Wildman–Crippen LogP) is 2.25. The Morgan fingerprint density at radius 3 is 2.50 bits per heavy atom. The SMILES string of the molecule is C=CC(=O)N1CC(N2CCN(C(=O)[C@H](C)Nc3cc(CC)c(Cl)cc3OC)CC2)C1. The van der Waals surface area contributed by atoms with Crippen molar-refractivity contribution in [3.8, 4) is 5.75 Å². The highest BCUT2D eigenvalue weighted by Gasteiger charge is 2.36. The first-order valence-corrected chi connectivity index (χ1v) is 10.8. The Bertz CT molecular complexity index is 802. The monoisotopic (exact) mass is 434 g/mol. The highest BCUT2D eigenvalue weighted by Crippen LogP contribution is 2.32. The van der Waals surface area contributed by atoms with E-state index in [1.54, 1.807) is 18.1 Å². The maximum atomic E-state index is 13.0. The van der Waals surface area contributed by atoms with Gasteiger partial charge in [0.1, 0.15) is 11.8 Å². The van der Waals surface area contributed by atoms with E-state index in [-0.39, 0.29) is 17.9 Å². The lowest BCUT2D eigenvalue weighted by atomic mass is 10.1. The summed E-state index contributed by atoms with van der Waals surface area (Å²) in [4.78, 5) is 30.7. The highest BCUT2D eigenvalue weighted by molar-refractivity contribution is 6.31. The van der Waals surface area contributed by atoms with E-state index >= 15 is 0 Å². The maximum absolute atomic E-state index is 13.0. The molecule has 2 aliphatic rings. The normalized spacial score (nSPS) is 18.5. The molecule has 2 aliphatic heterocycles. The lowest BCUT2D eigenvalue weighted by Crippen LogP contribution is -2.64. The van der Waals surface area contributed by atoms with E-state index in [9.17, 15) is 9.59 Å². The van der Waals surface area contributed by atoms with Crippen LogP contribution in [0.5, 0.6) is 5.75 Å². The zero-order valence-corrected chi connectivity index (χ0v) is 18.7. The van der Waals surface area contributed by atoms with Gasteiger partial charge >= 0.3 is 0 Å². The fourth-order valence-electron chi connectivity index (χ4n) is 4.02. The number of anilines is 1. The first-order chi connectivity index (χ1) is 14.4. The third kappa shape index (κ3) is 4.73. The fourth-order valence-corrected chi connectivity index (χ4v) is 4.31. The number of rotatable bonds is 7. The average molecular weight is 435 g/mol. The fraction of sp³-hybridized carbons (Fsp3) is 0.545. The molecule has 2 saturated heterocycles. The third-order valence-electron chi connectivity index (χ3n) is 5.98. The predicted molar refractivity (Wildman–Crippen MR) is 119 cm³/mol. The van der Waals surface area contributed by atoms with Crippen molar-refractivity contribution in [1.29, 1.82) is 0 Å². The zero-order valence-electron chi connectivity index (χ0n) is 18.0. The van der Waals surface area contributed by atoms with Crippen molar-refractivity contribution < 1.29 is 14.3 Å². The van der Waals surface area contributed by atoms with Gasteiger partial charge in [-0.1, -0.05) is 25.1 Å². The summed E-state index contributed by atoms with van der Waals surface area (Å²) in [5.74, 6) is 0.691. The van der Waals surface area contributed by atoms with Gasteiger partial charge in [0.05, 0.1) is 12.8 Å². The summed E-state index contributed by atoms with van der Waals surface area (Å²) in [6, 6.07) is 3.75. The van der Waals surface area contributed by atoms with Crippen molar-refractivity contribution in [2.75, 3.05) is 51.7 Å². The Morgan fingerprint density at radius 1 is 1.27 bits per heavy atom. The number of ether oxygens (including phenoxy) is 1. The zero-order chi connectivity index (χ0) is 21.8. The van der Waals surface area contributed by atoms with Gasteiger partial charge in [0.15, 0.2) is 0 Å². The summed E-state index contributed by atoms with van der Waals surface area (Å²) in [6.45, 7) is 12.0. The minimum Gasteiger partial charge on any atom is -0.495 e. The van der Waals surface area contributed by atoms with E-state index in [0.717, 1.165) is 43.9 Å². The molecule has 0 bridgehead atoms. The lowest BCUT2D eigenvalue weighted by Gasteiger charge is -2.48. The van der Waals surface area contributed by atoms with E-state index in [0.29, 0.717) is 29.9 Å². The molecular weight excluding hydrogens is 404 g/mol. The molecule has 7 nitrogen and oxygen atoms in total. The Balaban J connectivity index is 1.53. The number of nitrogens with one attached hydrogen (secondary N) is 1. The molecular formula is C22H31ClN4O3. The summed E-state index contributed by atoms with van der Waals surface area (Å²) in [7, 11) is 1.60. The molecule has 8 heteroatoms. The molecule has 164 valence electrons. The minimum atomic E-state index is -0.374. The molecule has 30 heavy (non-hydrogen) atoms. The first kappa shape index (κ1) is 22.4. The van der Waals surface area contributed by atoms with E-state index < -0.39 is 0 Å². The van der Waals surface area contributed by atoms with Crippen LogP contribution in [0.2, 0.25) is 5.02 Å². The molecule has 0 aromatic heterocycles. The van der Waals surface area contributed by atoms with Crippen LogP contribution in [0.15, 0.2) is 24.8 Å². The molecule has 1 aromatic carbocycles. The van der Waals surface area contributed by atoms with Gasteiger partial charge in [0.25, 0.3) is 0 Å². The Morgan fingerprint density at radius 2 is 1.93 bits per heavy atom. The molecule has 0 radical (unpaired) electrons. The molecule has 1 N–H and O–H groups in total. The number of benzene rings is 1. The number of likely N-dealkylation sites (tertiary alicyclic amines) is 1. The molecule has 0 unspecified atom stereocenters. The van der Waals surface area contributed by atoms with Gasteiger partial charge in [-0.2, -0.15) is 0 Å². The number of amides is 2. The molecule has 2 heterocycles. The second kappa shape index (κ2) is 9.71. The molecule has 1 atom stereocenters. The number of methoxy groups -OCH3 is 1. The number of piperazine rings is 1. The second-order valence-corrected chi connectivity index (χ2v) is 8.23. The van der Waals surface area contributed by atoms with Crippen LogP contribution in [0, 0.1) is 0 Å². The van der Waals surface area contributed by atoms with E-state index in [4.69, 9.17) is 16.3 Å². The van der Waals surface area contributed by atoms with Gasteiger partial charge in [0.2, 0.25) is 11.8 Å². The maximum Gasteiger partial charge on any atom is 0.246 e. The van der Waals surface area contributed by atoms with Crippen molar-refractivity contribution in [3.05, 3.63) is 35.4 Å². The minimum absolute atomic E-state index is 0.0104. The van der Waals surface area contributed by atoms with Gasteiger partial charge in [-0.25, -0.2) is 0 Å². The van der Waals surface area contributed by atoms with E-state index in [1.807, 2.05) is 24.8 Å². The summed E-state index contributed by atoms with van der Waals surface area (Å²) in [5, 5.41) is 3.97. The number of hydrogen-bond acceptors (Lipinski definition) is 5. The number of aryl methyl sites for hydroxylation is 1. The average Bonchev–Trinajstić information content (AvgIpc) is 2.73. The van der Waals surface area contributed by atoms with Crippen LogP contribution < -0.4 is 10.1 Å². The van der Waals surface area contributed by atoms with Crippen LogP contribution in [0.3, 0.4) is 0 Å². The Labute approximate surface area is 183 Å². The number of carbonyl (C=O) groups excluding carboxylic acids is 2. The van der Waals surface area contributed by atoms with Crippen molar-refractivity contribution in [2.24, 2.45) is 0 Å². The van der Waals surface area contributed by atoms with E-state index in [2.05, 4.69) is 16.8 Å². The standard InChI is InChI=1S/C22H31ClN4O3/c1-5-16-11-19(20(30-4)12-18(16)23)24-15(3)22(29)26-9-7-25(8-10-26)17-13-27(14-17)21(28)6-2/h6,11-12,15,17,24H,2,5,7-10,13-14H2,1,3-4H3/t15-/m0/s1. The van der Waals surface area contributed by atoms with Crippen molar-refractivity contribution >= 4 is 29.1 Å². The molecule has 2 amide bonds. The molecule has 0 saturated carbocycles. The van der Waals surface area contributed by atoms with Gasteiger partial charge in [-0.3, -0.25) is 14.5 Å². The van der Waals surface area contributed by atoms with Crippen LogP contribution in [0.4, 0.5) is 5.69 Å². The number of carbonyl (C=O) groups is 2. The van der Waals surface area contributed by atoms with Crippen LogP contribution in [0.25, 0.3) is 0 Å². The van der Waals surface area contributed by atoms with Crippen molar-refractivity contribution in [3.63, 3.8) is 0 Å². The summed E-state index contributed by atoms with van der Waals surface area (Å²) >= 11 is 6.28. The lowest BCUT2D eigenvalue weighted by molar-refractivity contribution is -0.136. The quantitative estimate of drug-likeness (QED) is 0.667. The Hall–Kier alpha value is -2.25. The van der Waals surface area contributed by atoms with Gasteiger partial charge < -0.3 is 19.9 Å². The molecule has 0 spiro atoms. The molecule has 2 fully saturated rings. The van der Waals surface area contributed by atoms with Crippen LogP contribution in [-0.4, -0.2) is 85.0 Å². The van der Waals surface area contributed by atoms with Crippen LogP contribution in [0.1, 0.15) is 19.4 Å². The second-order valence-electron chi connectivity index (χ2n) is 7.83. The Kier molecular flexibility index (Phi) is 7.26. The summed E-state index contributed by atoms with van der Waals surface area (Å²) in [5.41, 5.74) is 1.79. The van der Waals surface area contributed by atoms with Crippen LogP contribution in [-0.2, 0) is 16.0 Å². The van der Waals surface area contributed by atoms with E-state index in [1.165, 1.54) is 6.08 Å². The van der Waals surface area contributed by atoms with Gasteiger partial charge in [-0.05, 0) is 31.1 Å². The van der Waals surface area contributed by atoms with Crippen molar-refractivity contribution in [1.82, 2.24) is 14.7 Å². The number of hydrogen-bond donors (Lipinski definition) is 1. The smallest absolute Gasteiger partial charge is 0.246 e. The summed E-state index contributed by atoms with van der Waals surface area (Å²) < 4.78 is 5.43. The topological polar surface area (TPSA) is 65.1 Å². The molecule has 3 rings (SSSR count). The number of halogens is 1. The molecule has 0 aliphatic carbocycles.